The van der Waals surface area contributed by atoms with Crippen molar-refractivity contribution in [3.05, 3.63) is 28.0 Å². The molecule has 0 aliphatic rings. The minimum absolute atomic E-state index is 0.268. The van der Waals surface area contributed by atoms with Crippen molar-refractivity contribution in [2.24, 2.45) is 0 Å². The van der Waals surface area contributed by atoms with E-state index in [1.807, 2.05) is 17.5 Å². The number of rotatable bonds is 4. The van der Waals surface area contributed by atoms with Crippen molar-refractivity contribution in [1.82, 2.24) is 0 Å². The smallest absolute Gasteiger partial charge is 0.348 e. The highest BCUT2D eigenvalue weighted by Crippen LogP contribution is 2.17. The number of allylic oxidation sites excluding steroid dienone is 1. The maximum atomic E-state index is 11.1. The SMILES string of the molecule is COC(=O)c1cc(C=CCCBr)cs1. The summed E-state index contributed by atoms with van der Waals surface area (Å²) in [5.41, 5.74) is 1.05. The van der Waals surface area contributed by atoms with Crippen LogP contribution < -0.4 is 0 Å². The number of hydrogen-bond donors (Lipinski definition) is 0. The Morgan fingerprint density at radius 1 is 1.71 bits per heavy atom. The Morgan fingerprint density at radius 2 is 2.50 bits per heavy atom. The van der Waals surface area contributed by atoms with Gasteiger partial charge in [-0.2, -0.15) is 0 Å². The maximum absolute atomic E-state index is 11.1. The van der Waals surface area contributed by atoms with Crippen LogP contribution in [0.25, 0.3) is 6.08 Å². The van der Waals surface area contributed by atoms with Crippen LogP contribution in [-0.4, -0.2) is 18.4 Å². The molecular formula is C10H11BrO2S. The van der Waals surface area contributed by atoms with Crippen LogP contribution in [0.2, 0.25) is 0 Å². The molecule has 0 amide bonds. The number of hydrogen-bond acceptors (Lipinski definition) is 3. The Labute approximate surface area is 95.7 Å². The highest BCUT2D eigenvalue weighted by molar-refractivity contribution is 9.09. The van der Waals surface area contributed by atoms with Gasteiger partial charge in [0.05, 0.1) is 7.11 Å². The standard InChI is InChI=1S/C10H11BrO2S/c1-13-10(12)9-6-8(7-14-9)4-2-3-5-11/h2,4,6-7H,3,5H2,1H3. The third kappa shape index (κ3) is 3.27. The van der Waals surface area contributed by atoms with Gasteiger partial charge in [0.25, 0.3) is 0 Å². The summed E-state index contributed by atoms with van der Waals surface area (Å²) in [7, 11) is 1.39. The van der Waals surface area contributed by atoms with E-state index in [0.717, 1.165) is 17.3 Å². The zero-order chi connectivity index (χ0) is 10.4. The Hall–Kier alpha value is -0.610. The zero-order valence-electron chi connectivity index (χ0n) is 7.83. The van der Waals surface area contributed by atoms with Crippen LogP contribution in [0.15, 0.2) is 17.5 Å². The van der Waals surface area contributed by atoms with E-state index < -0.39 is 0 Å². The molecule has 1 aromatic rings. The van der Waals surface area contributed by atoms with E-state index in [1.165, 1.54) is 18.4 Å². The van der Waals surface area contributed by atoms with Crippen molar-refractivity contribution in [3.63, 3.8) is 0 Å². The van der Waals surface area contributed by atoms with Gasteiger partial charge < -0.3 is 4.74 Å². The van der Waals surface area contributed by atoms with E-state index in [1.54, 1.807) is 0 Å². The first-order chi connectivity index (χ1) is 6.77. The van der Waals surface area contributed by atoms with Crippen LogP contribution in [0.5, 0.6) is 0 Å². The van der Waals surface area contributed by atoms with E-state index in [4.69, 9.17) is 0 Å². The lowest BCUT2D eigenvalue weighted by molar-refractivity contribution is 0.0606. The average molecular weight is 275 g/mol. The highest BCUT2D eigenvalue weighted by atomic mass is 79.9. The Morgan fingerprint density at radius 3 is 3.14 bits per heavy atom. The fourth-order valence-corrected chi connectivity index (χ4v) is 1.99. The van der Waals surface area contributed by atoms with Crippen LogP contribution in [0.1, 0.15) is 21.7 Å². The molecule has 1 heterocycles. The normalized spacial score (nSPS) is 10.7. The minimum Gasteiger partial charge on any atom is -0.465 e. The van der Waals surface area contributed by atoms with Crippen molar-refractivity contribution in [2.45, 2.75) is 6.42 Å². The predicted octanol–water partition coefficient (Wildman–Crippen LogP) is 3.33. The number of esters is 1. The topological polar surface area (TPSA) is 26.3 Å². The van der Waals surface area contributed by atoms with Gasteiger partial charge in [0.2, 0.25) is 0 Å². The summed E-state index contributed by atoms with van der Waals surface area (Å²) in [5.74, 6) is -0.268. The van der Waals surface area contributed by atoms with Crippen molar-refractivity contribution in [1.29, 1.82) is 0 Å². The molecule has 0 atom stereocenters. The third-order valence-electron chi connectivity index (χ3n) is 1.59. The fraction of sp³-hybridized carbons (Fsp3) is 0.300. The number of carbonyl (C=O) groups is 1. The summed E-state index contributed by atoms with van der Waals surface area (Å²) < 4.78 is 4.62. The molecule has 0 aromatic carbocycles. The molecular weight excluding hydrogens is 264 g/mol. The monoisotopic (exact) mass is 274 g/mol. The van der Waals surface area contributed by atoms with E-state index in [2.05, 4.69) is 26.7 Å². The van der Waals surface area contributed by atoms with Crippen molar-refractivity contribution >= 4 is 39.3 Å². The van der Waals surface area contributed by atoms with Crippen LogP contribution >= 0.6 is 27.3 Å². The first-order valence-corrected chi connectivity index (χ1v) is 6.17. The van der Waals surface area contributed by atoms with Gasteiger partial charge in [-0.15, -0.1) is 11.3 Å². The number of ether oxygens (including phenoxy) is 1. The lowest BCUT2D eigenvalue weighted by Crippen LogP contribution is -1.96. The van der Waals surface area contributed by atoms with Crippen molar-refractivity contribution in [2.75, 3.05) is 12.4 Å². The zero-order valence-corrected chi connectivity index (χ0v) is 10.2. The second kappa shape index (κ2) is 5.98. The second-order valence-electron chi connectivity index (χ2n) is 2.62. The average Bonchev–Trinajstić information content (AvgIpc) is 2.66. The summed E-state index contributed by atoms with van der Waals surface area (Å²) in [4.78, 5) is 11.8. The van der Waals surface area contributed by atoms with E-state index in [9.17, 15) is 4.79 Å². The third-order valence-corrected chi connectivity index (χ3v) is 2.98. The predicted molar refractivity (Wildman–Crippen MR) is 63.1 cm³/mol. The fourth-order valence-electron chi connectivity index (χ4n) is 0.928. The van der Waals surface area contributed by atoms with E-state index >= 15 is 0 Å². The molecule has 0 radical (unpaired) electrons. The molecule has 0 spiro atoms. The molecule has 2 nitrogen and oxygen atoms in total. The molecule has 0 saturated carbocycles. The van der Waals surface area contributed by atoms with Crippen molar-refractivity contribution < 1.29 is 9.53 Å². The summed E-state index contributed by atoms with van der Waals surface area (Å²) in [6, 6.07) is 1.83. The molecule has 14 heavy (non-hydrogen) atoms. The molecule has 0 saturated heterocycles. The lowest BCUT2D eigenvalue weighted by atomic mass is 10.2. The van der Waals surface area contributed by atoms with Crippen molar-refractivity contribution in [3.8, 4) is 0 Å². The first-order valence-electron chi connectivity index (χ1n) is 4.17. The lowest BCUT2D eigenvalue weighted by Gasteiger charge is -1.91. The van der Waals surface area contributed by atoms with Gasteiger partial charge in [0, 0.05) is 5.33 Å². The molecule has 1 rings (SSSR count). The van der Waals surface area contributed by atoms with Gasteiger partial charge in [-0.1, -0.05) is 28.1 Å². The second-order valence-corrected chi connectivity index (χ2v) is 4.32. The molecule has 1 aromatic heterocycles. The number of carbonyl (C=O) groups excluding carboxylic acids is 1. The largest absolute Gasteiger partial charge is 0.465 e. The van der Waals surface area contributed by atoms with Gasteiger partial charge in [0.15, 0.2) is 0 Å². The molecule has 0 N–H and O–H groups in total. The van der Waals surface area contributed by atoms with Crippen LogP contribution in [0, 0.1) is 0 Å². The molecule has 0 unspecified atom stereocenters. The van der Waals surface area contributed by atoms with E-state index in [-0.39, 0.29) is 5.97 Å². The molecule has 0 fully saturated rings. The highest BCUT2D eigenvalue weighted by Gasteiger charge is 2.06. The number of methoxy groups -OCH3 is 1. The van der Waals surface area contributed by atoms with Gasteiger partial charge in [0.1, 0.15) is 4.88 Å². The number of thiophene rings is 1. The Balaban J connectivity index is 2.63. The van der Waals surface area contributed by atoms with Crippen LogP contribution in [0.4, 0.5) is 0 Å². The summed E-state index contributed by atoms with van der Waals surface area (Å²) in [6.07, 6.45) is 5.06. The van der Waals surface area contributed by atoms with Gasteiger partial charge in [-0.05, 0) is 23.4 Å². The minimum atomic E-state index is -0.268. The van der Waals surface area contributed by atoms with Gasteiger partial charge in [-0.25, -0.2) is 4.79 Å². The molecule has 4 heteroatoms. The molecule has 0 aliphatic heterocycles. The van der Waals surface area contributed by atoms with E-state index in [0.29, 0.717) is 4.88 Å². The van der Waals surface area contributed by atoms with Crippen LogP contribution in [0.3, 0.4) is 0 Å². The molecule has 0 bridgehead atoms. The Kier molecular flexibility index (Phi) is 4.90. The van der Waals surface area contributed by atoms with Gasteiger partial charge >= 0.3 is 5.97 Å². The molecule has 76 valence electrons. The summed E-state index contributed by atoms with van der Waals surface area (Å²) in [6.45, 7) is 0. The van der Waals surface area contributed by atoms with Gasteiger partial charge in [-0.3, -0.25) is 0 Å². The Bertz CT molecular complexity index is 331. The maximum Gasteiger partial charge on any atom is 0.348 e. The quantitative estimate of drug-likeness (QED) is 0.622. The van der Waals surface area contributed by atoms with Crippen LogP contribution in [-0.2, 0) is 4.74 Å². The summed E-state index contributed by atoms with van der Waals surface area (Å²) >= 11 is 4.74. The summed E-state index contributed by atoms with van der Waals surface area (Å²) in [5, 5.41) is 2.90. The molecule has 0 aliphatic carbocycles. The number of alkyl halides is 1. The first kappa shape index (κ1) is 11.5. The number of halogens is 1.